The van der Waals surface area contributed by atoms with E-state index in [0.29, 0.717) is 0 Å². The maximum Gasteiger partial charge on any atom is 0.310 e. The summed E-state index contributed by atoms with van der Waals surface area (Å²) in [5, 5.41) is 8.97. The van der Waals surface area contributed by atoms with Gasteiger partial charge in [-0.3, -0.25) is 9.59 Å². The Hall–Kier alpha value is -1.06. The van der Waals surface area contributed by atoms with Crippen LogP contribution < -0.4 is 0 Å². The zero-order valence-electron chi connectivity index (χ0n) is 6.97. The molecule has 2 saturated carbocycles. The van der Waals surface area contributed by atoms with Crippen molar-refractivity contribution >= 4 is 11.9 Å². The Morgan fingerprint density at radius 2 is 2.23 bits per heavy atom. The first kappa shape index (κ1) is 7.35. The van der Waals surface area contributed by atoms with Crippen LogP contribution in [0.15, 0.2) is 0 Å². The fraction of sp³-hybridized carbons (Fsp3) is 0.778. The van der Waals surface area contributed by atoms with Crippen LogP contribution >= 0.6 is 0 Å². The molecule has 0 radical (unpaired) electrons. The lowest BCUT2D eigenvalue weighted by atomic mass is 9.80. The Morgan fingerprint density at radius 3 is 2.92 bits per heavy atom. The average molecular weight is 182 g/mol. The zero-order chi connectivity index (χ0) is 9.16. The SMILES string of the molecule is O=C1O[C@@H]2C[C@H]3C[C@@H]2[C@@H]1[C@H]3C(=O)O. The number of carboxylic acids is 1. The third-order valence-electron chi connectivity index (χ3n) is 3.77. The molecule has 3 rings (SSSR count). The van der Waals surface area contributed by atoms with Gasteiger partial charge >= 0.3 is 11.9 Å². The van der Waals surface area contributed by atoms with Gasteiger partial charge in [-0.25, -0.2) is 0 Å². The van der Waals surface area contributed by atoms with Crippen molar-refractivity contribution in [2.24, 2.45) is 23.7 Å². The fourth-order valence-corrected chi connectivity index (χ4v) is 3.34. The summed E-state index contributed by atoms with van der Waals surface area (Å²) in [7, 11) is 0. The first-order chi connectivity index (χ1) is 6.18. The summed E-state index contributed by atoms with van der Waals surface area (Å²) >= 11 is 0. The molecule has 0 aromatic heterocycles. The van der Waals surface area contributed by atoms with Crippen LogP contribution in [0, 0.1) is 23.7 Å². The van der Waals surface area contributed by atoms with E-state index in [-0.39, 0.29) is 29.8 Å². The van der Waals surface area contributed by atoms with E-state index < -0.39 is 11.9 Å². The van der Waals surface area contributed by atoms with Crippen LogP contribution in [-0.2, 0) is 14.3 Å². The van der Waals surface area contributed by atoms with E-state index in [1.807, 2.05) is 0 Å². The van der Waals surface area contributed by atoms with E-state index in [9.17, 15) is 9.59 Å². The highest BCUT2D eigenvalue weighted by molar-refractivity contribution is 5.84. The van der Waals surface area contributed by atoms with Crippen LogP contribution in [0.25, 0.3) is 0 Å². The van der Waals surface area contributed by atoms with Crippen molar-refractivity contribution in [1.29, 1.82) is 0 Å². The molecule has 1 heterocycles. The van der Waals surface area contributed by atoms with Crippen molar-refractivity contribution in [3.63, 3.8) is 0 Å². The van der Waals surface area contributed by atoms with Crippen molar-refractivity contribution < 1.29 is 19.4 Å². The molecule has 0 unspecified atom stereocenters. The second kappa shape index (κ2) is 2.05. The van der Waals surface area contributed by atoms with E-state index in [1.54, 1.807) is 0 Å². The highest BCUT2D eigenvalue weighted by Crippen LogP contribution is 2.57. The molecule has 0 spiro atoms. The minimum atomic E-state index is -0.824. The normalized spacial score (nSPS) is 51.1. The molecule has 1 aliphatic heterocycles. The number of hydrogen-bond donors (Lipinski definition) is 1. The minimum Gasteiger partial charge on any atom is -0.481 e. The molecule has 70 valence electrons. The van der Waals surface area contributed by atoms with Gasteiger partial charge in [0.25, 0.3) is 0 Å². The Labute approximate surface area is 74.9 Å². The number of rotatable bonds is 1. The molecule has 1 saturated heterocycles. The van der Waals surface area contributed by atoms with Crippen LogP contribution in [0.3, 0.4) is 0 Å². The van der Waals surface area contributed by atoms with Gasteiger partial charge in [0.1, 0.15) is 6.10 Å². The monoisotopic (exact) mass is 182 g/mol. The molecule has 13 heavy (non-hydrogen) atoms. The maximum absolute atomic E-state index is 11.3. The van der Waals surface area contributed by atoms with Gasteiger partial charge in [0, 0.05) is 5.92 Å². The number of hydrogen-bond acceptors (Lipinski definition) is 3. The molecular weight excluding hydrogens is 172 g/mol. The number of esters is 1. The Kier molecular flexibility index (Phi) is 1.16. The fourth-order valence-electron chi connectivity index (χ4n) is 3.34. The van der Waals surface area contributed by atoms with Gasteiger partial charge in [-0.2, -0.15) is 0 Å². The highest BCUT2D eigenvalue weighted by Gasteiger charge is 2.64. The van der Waals surface area contributed by atoms with Gasteiger partial charge in [-0.05, 0) is 18.8 Å². The third-order valence-corrected chi connectivity index (χ3v) is 3.77. The van der Waals surface area contributed by atoms with Crippen molar-refractivity contribution in [3.8, 4) is 0 Å². The Bertz CT molecular complexity index is 296. The van der Waals surface area contributed by atoms with Crippen molar-refractivity contribution in [2.75, 3.05) is 0 Å². The van der Waals surface area contributed by atoms with E-state index in [1.165, 1.54) is 0 Å². The van der Waals surface area contributed by atoms with Gasteiger partial charge < -0.3 is 9.84 Å². The van der Waals surface area contributed by atoms with E-state index in [0.717, 1.165) is 12.8 Å². The molecule has 0 aromatic rings. The summed E-state index contributed by atoms with van der Waals surface area (Å²) in [5.41, 5.74) is 0. The van der Waals surface area contributed by atoms with Crippen molar-refractivity contribution in [3.05, 3.63) is 0 Å². The lowest BCUT2D eigenvalue weighted by Crippen LogP contribution is -2.31. The summed E-state index contributed by atoms with van der Waals surface area (Å²) in [6.45, 7) is 0. The van der Waals surface area contributed by atoms with Gasteiger partial charge in [0.05, 0.1) is 11.8 Å². The van der Waals surface area contributed by atoms with Crippen molar-refractivity contribution in [2.45, 2.75) is 18.9 Å². The molecular formula is C9H10O4. The smallest absolute Gasteiger partial charge is 0.310 e. The number of carboxylic acid groups (broad SMARTS) is 1. The van der Waals surface area contributed by atoms with Crippen LogP contribution in [0.1, 0.15) is 12.8 Å². The number of carbonyl (C=O) groups is 2. The molecule has 3 fully saturated rings. The summed E-state index contributed by atoms with van der Waals surface area (Å²) in [6, 6.07) is 0. The van der Waals surface area contributed by atoms with E-state index >= 15 is 0 Å². The molecule has 4 heteroatoms. The topological polar surface area (TPSA) is 63.6 Å². The van der Waals surface area contributed by atoms with E-state index in [4.69, 9.17) is 9.84 Å². The maximum atomic E-state index is 11.3. The standard InChI is InChI=1S/C9H10O4/c10-8(11)6-3-1-4-5(2-3)13-9(12)7(4)6/h3-7H,1-2H2,(H,10,11)/t3-,4+,5-,6+,7-/m1/s1. The summed E-state index contributed by atoms with van der Waals surface area (Å²) in [4.78, 5) is 22.2. The summed E-state index contributed by atoms with van der Waals surface area (Å²) < 4.78 is 5.12. The molecule has 2 aliphatic carbocycles. The molecule has 0 aromatic carbocycles. The lowest BCUT2D eigenvalue weighted by molar-refractivity contribution is -0.151. The van der Waals surface area contributed by atoms with Gasteiger partial charge in [0.2, 0.25) is 0 Å². The van der Waals surface area contributed by atoms with Crippen LogP contribution in [0.4, 0.5) is 0 Å². The predicted molar refractivity (Wildman–Crippen MR) is 40.7 cm³/mol. The number of carbonyl (C=O) groups excluding carboxylic acids is 1. The van der Waals surface area contributed by atoms with Crippen molar-refractivity contribution in [1.82, 2.24) is 0 Å². The van der Waals surface area contributed by atoms with E-state index in [2.05, 4.69) is 0 Å². The van der Waals surface area contributed by atoms with Crippen LogP contribution in [0.2, 0.25) is 0 Å². The third kappa shape index (κ3) is 0.716. The second-order valence-electron chi connectivity index (χ2n) is 4.26. The first-order valence-electron chi connectivity index (χ1n) is 4.62. The minimum absolute atomic E-state index is 0.0399. The number of ether oxygens (including phenoxy) is 1. The number of aliphatic carboxylic acids is 1. The van der Waals surface area contributed by atoms with Crippen LogP contribution in [-0.4, -0.2) is 23.1 Å². The molecule has 3 aliphatic rings. The Balaban J connectivity index is 2.01. The average Bonchev–Trinajstić information content (AvgIpc) is 2.60. The Morgan fingerprint density at radius 1 is 1.46 bits per heavy atom. The van der Waals surface area contributed by atoms with Crippen LogP contribution in [0.5, 0.6) is 0 Å². The van der Waals surface area contributed by atoms with Gasteiger partial charge in [-0.1, -0.05) is 0 Å². The molecule has 2 bridgehead atoms. The van der Waals surface area contributed by atoms with Gasteiger partial charge in [0.15, 0.2) is 0 Å². The quantitative estimate of drug-likeness (QED) is 0.591. The second-order valence-corrected chi connectivity index (χ2v) is 4.26. The summed E-state index contributed by atoms with van der Waals surface area (Å²) in [6.07, 6.45) is 1.68. The zero-order valence-corrected chi connectivity index (χ0v) is 6.97. The summed E-state index contributed by atoms with van der Waals surface area (Å²) in [5.74, 6) is -1.50. The molecule has 5 atom stereocenters. The molecule has 4 nitrogen and oxygen atoms in total. The highest BCUT2D eigenvalue weighted by atomic mass is 16.6. The molecule has 1 N–H and O–H groups in total. The predicted octanol–water partition coefficient (Wildman–Crippen LogP) is 0.269. The first-order valence-corrected chi connectivity index (χ1v) is 4.62. The van der Waals surface area contributed by atoms with Gasteiger partial charge in [-0.15, -0.1) is 0 Å². The number of fused-ring (bicyclic) bond motifs is 1. The lowest BCUT2D eigenvalue weighted by Gasteiger charge is -2.19. The largest absolute Gasteiger partial charge is 0.481 e. The molecule has 0 amide bonds.